The van der Waals surface area contributed by atoms with E-state index in [4.69, 9.17) is 4.74 Å². The topological polar surface area (TPSA) is 50.3 Å². The van der Waals surface area contributed by atoms with Crippen molar-refractivity contribution in [3.63, 3.8) is 0 Å². The van der Waals surface area contributed by atoms with Gasteiger partial charge in [0.25, 0.3) is 0 Å². The van der Waals surface area contributed by atoms with Crippen molar-refractivity contribution in [1.82, 2.24) is 15.3 Å². The highest BCUT2D eigenvalue weighted by Gasteiger charge is 2.30. The zero-order valence-electron chi connectivity index (χ0n) is 12.6. The molecule has 1 N–H and O–H groups in total. The summed E-state index contributed by atoms with van der Waals surface area (Å²) in [5, 5.41) is 3.30. The molecule has 0 radical (unpaired) electrons. The molecule has 0 spiro atoms. The SMILES string of the molecule is CCCCN(c1ncc(CNCCOC)cn1)C1CC1. The Morgan fingerprint density at radius 3 is 2.70 bits per heavy atom. The molecule has 0 amide bonds. The summed E-state index contributed by atoms with van der Waals surface area (Å²) in [4.78, 5) is 11.4. The maximum Gasteiger partial charge on any atom is 0.225 e. The highest BCUT2D eigenvalue weighted by Crippen LogP contribution is 2.29. The van der Waals surface area contributed by atoms with Crippen molar-refractivity contribution in [2.45, 2.75) is 45.2 Å². The van der Waals surface area contributed by atoms with Crippen LogP contribution in [0.2, 0.25) is 0 Å². The fourth-order valence-electron chi connectivity index (χ4n) is 2.16. The molecule has 1 aliphatic rings. The van der Waals surface area contributed by atoms with Gasteiger partial charge in [0.2, 0.25) is 5.95 Å². The van der Waals surface area contributed by atoms with Crippen LogP contribution in [0.4, 0.5) is 5.95 Å². The van der Waals surface area contributed by atoms with Gasteiger partial charge in [0.15, 0.2) is 0 Å². The average Bonchev–Trinajstić information content (AvgIpc) is 3.30. The Morgan fingerprint density at radius 2 is 2.10 bits per heavy atom. The molecule has 0 atom stereocenters. The van der Waals surface area contributed by atoms with Crippen molar-refractivity contribution < 1.29 is 4.74 Å². The van der Waals surface area contributed by atoms with Crippen LogP contribution < -0.4 is 10.2 Å². The van der Waals surface area contributed by atoms with Gasteiger partial charge < -0.3 is 15.0 Å². The Kier molecular flexibility index (Phi) is 6.21. The first-order chi connectivity index (χ1) is 9.85. The summed E-state index contributed by atoms with van der Waals surface area (Å²) in [6.45, 7) is 5.67. The second-order valence-electron chi connectivity index (χ2n) is 5.34. The van der Waals surface area contributed by atoms with E-state index >= 15 is 0 Å². The van der Waals surface area contributed by atoms with Crippen LogP contribution in [0.5, 0.6) is 0 Å². The molecule has 2 rings (SSSR count). The van der Waals surface area contributed by atoms with Gasteiger partial charge in [-0.25, -0.2) is 9.97 Å². The molecule has 1 aliphatic carbocycles. The molecule has 0 unspecified atom stereocenters. The molecular formula is C15H26N4O. The zero-order valence-corrected chi connectivity index (χ0v) is 12.6. The van der Waals surface area contributed by atoms with E-state index in [-0.39, 0.29) is 0 Å². The predicted molar refractivity (Wildman–Crippen MR) is 80.9 cm³/mol. The van der Waals surface area contributed by atoms with Gasteiger partial charge in [-0.1, -0.05) is 13.3 Å². The largest absolute Gasteiger partial charge is 0.383 e. The van der Waals surface area contributed by atoms with E-state index < -0.39 is 0 Å². The summed E-state index contributed by atoms with van der Waals surface area (Å²) >= 11 is 0. The quantitative estimate of drug-likeness (QED) is 0.663. The summed E-state index contributed by atoms with van der Waals surface area (Å²) in [6.07, 6.45) is 8.86. The number of unbranched alkanes of at least 4 members (excludes halogenated alkanes) is 1. The Labute approximate surface area is 121 Å². The van der Waals surface area contributed by atoms with Crippen LogP contribution in [-0.2, 0) is 11.3 Å². The highest BCUT2D eigenvalue weighted by atomic mass is 16.5. The van der Waals surface area contributed by atoms with E-state index in [1.165, 1.54) is 25.7 Å². The van der Waals surface area contributed by atoms with Crippen LogP contribution in [0.15, 0.2) is 12.4 Å². The van der Waals surface area contributed by atoms with Crippen molar-refractivity contribution in [3.8, 4) is 0 Å². The van der Waals surface area contributed by atoms with Crippen LogP contribution in [0.1, 0.15) is 38.2 Å². The minimum atomic E-state index is 0.673. The first-order valence-corrected chi connectivity index (χ1v) is 7.62. The van der Waals surface area contributed by atoms with Crippen LogP contribution in [0, 0.1) is 0 Å². The molecule has 20 heavy (non-hydrogen) atoms. The third kappa shape index (κ3) is 4.72. The molecule has 0 saturated heterocycles. The number of anilines is 1. The summed E-state index contributed by atoms with van der Waals surface area (Å²) in [7, 11) is 1.71. The van der Waals surface area contributed by atoms with Gasteiger partial charge in [0.1, 0.15) is 0 Å². The molecular weight excluding hydrogens is 252 g/mol. The van der Waals surface area contributed by atoms with E-state index in [0.717, 1.165) is 37.8 Å². The molecule has 1 aromatic heterocycles. The first kappa shape index (κ1) is 15.2. The van der Waals surface area contributed by atoms with E-state index in [1.54, 1.807) is 7.11 Å². The van der Waals surface area contributed by atoms with Crippen molar-refractivity contribution in [2.75, 3.05) is 31.7 Å². The molecule has 112 valence electrons. The fraction of sp³-hybridized carbons (Fsp3) is 0.733. The number of aromatic nitrogens is 2. The standard InChI is InChI=1S/C15H26N4O/c1-3-4-8-19(14-5-6-14)15-17-11-13(12-18-15)10-16-7-9-20-2/h11-12,14,16H,3-10H2,1-2H3. The molecule has 1 heterocycles. The van der Waals surface area contributed by atoms with E-state index in [1.807, 2.05) is 12.4 Å². The maximum absolute atomic E-state index is 5.00. The van der Waals surface area contributed by atoms with Crippen molar-refractivity contribution in [2.24, 2.45) is 0 Å². The average molecular weight is 278 g/mol. The second-order valence-corrected chi connectivity index (χ2v) is 5.34. The smallest absolute Gasteiger partial charge is 0.225 e. The lowest BCUT2D eigenvalue weighted by Gasteiger charge is -2.22. The van der Waals surface area contributed by atoms with Gasteiger partial charge in [0.05, 0.1) is 6.61 Å². The molecule has 0 aliphatic heterocycles. The fourth-order valence-corrected chi connectivity index (χ4v) is 2.16. The van der Waals surface area contributed by atoms with E-state index in [2.05, 4.69) is 27.1 Å². The molecule has 0 aromatic carbocycles. The predicted octanol–water partition coefficient (Wildman–Crippen LogP) is 1.98. The van der Waals surface area contributed by atoms with Gasteiger partial charge >= 0.3 is 0 Å². The molecule has 5 nitrogen and oxygen atoms in total. The second kappa shape index (κ2) is 8.17. The molecule has 1 aromatic rings. The first-order valence-electron chi connectivity index (χ1n) is 7.62. The lowest BCUT2D eigenvalue weighted by atomic mass is 10.3. The lowest BCUT2D eigenvalue weighted by molar-refractivity contribution is 0.199. The number of ether oxygens (including phenoxy) is 1. The van der Waals surface area contributed by atoms with Gasteiger partial charge in [-0.2, -0.15) is 0 Å². The Balaban J connectivity index is 1.85. The van der Waals surface area contributed by atoms with Crippen molar-refractivity contribution in [1.29, 1.82) is 0 Å². The third-order valence-electron chi connectivity index (χ3n) is 3.50. The van der Waals surface area contributed by atoms with Crippen LogP contribution >= 0.6 is 0 Å². The monoisotopic (exact) mass is 278 g/mol. The summed E-state index contributed by atoms with van der Waals surface area (Å²) < 4.78 is 5.00. The molecule has 1 saturated carbocycles. The minimum Gasteiger partial charge on any atom is -0.383 e. The lowest BCUT2D eigenvalue weighted by Crippen LogP contribution is -2.28. The minimum absolute atomic E-state index is 0.673. The van der Waals surface area contributed by atoms with Gasteiger partial charge in [0, 0.05) is 50.7 Å². The molecule has 0 bridgehead atoms. The van der Waals surface area contributed by atoms with Crippen molar-refractivity contribution in [3.05, 3.63) is 18.0 Å². The van der Waals surface area contributed by atoms with Crippen molar-refractivity contribution >= 4 is 5.95 Å². The van der Waals surface area contributed by atoms with Gasteiger partial charge in [-0.3, -0.25) is 0 Å². The summed E-state index contributed by atoms with van der Waals surface area (Å²) in [6, 6.07) is 0.673. The van der Waals surface area contributed by atoms with Gasteiger partial charge in [-0.15, -0.1) is 0 Å². The normalized spacial score (nSPS) is 14.5. The number of hydrogen-bond acceptors (Lipinski definition) is 5. The summed E-state index contributed by atoms with van der Waals surface area (Å²) in [5.74, 6) is 0.890. The number of hydrogen-bond donors (Lipinski definition) is 1. The number of nitrogens with zero attached hydrogens (tertiary/aromatic N) is 3. The van der Waals surface area contributed by atoms with E-state index in [0.29, 0.717) is 6.04 Å². The highest BCUT2D eigenvalue weighted by molar-refractivity contribution is 5.34. The van der Waals surface area contributed by atoms with Gasteiger partial charge in [-0.05, 0) is 19.3 Å². The number of rotatable bonds is 10. The van der Waals surface area contributed by atoms with Crippen LogP contribution in [0.3, 0.4) is 0 Å². The Morgan fingerprint density at radius 1 is 1.35 bits per heavy atom. The number of methoxy groups -OCH3 is 1. The number of nitrogens with one attached hydrogen (secondary N) is 1. The molecule has 5 heteroatoms. The van der Waals surface area contributed by atoms with E-state index in [9.17, 15) is 0 Å². The maximum atomic E-state index is 5.00. The Bertz CT molecular complexity index is 378. The Hall–Kier alpha value is -1.20. The zero-order chi connectivity index (χ0) is 14.2. The molecule has 1 fully saturated rings. The van der Waals surface area contributed by atoms with Crippen LogP contribution in [0.25, 0.3) is 0 Å². The summed E-state index contributed by atoms with van der Waals surface area (Å²) in [5.41, 5.74) is 1.12. The third-order valence-corrected chi connectivity index (χ3v) is 3.50. The van der Waals surface area contributed by atoms with Crippen LogP contribution in [-0.4, -0.2) is 42.8 Å².